The van der Waals surface area contributed by atoms with Gasteiger partial charge in [0.15, 0.2) is 0 Å². The molecule has 18 heavy (non-hydrogen) atoms. The van der Waals surface area contributed by atoms with Crippen molar-refractivity contribution in [2.45, 2.75) is 6.92 Å². The van der Waals surface area contributed by atoms with Crippen LogP contribution in [0.4, 0.5) is 11.4 Å². The van der Waals surface area contributed by atoms with Crippen LogP contribution in [0.15, 0.2) is 53.0 Å². The summed E-state index contributed by atoms with van der Waals surface area (Å²) in [6, 6.07) is 14.5. The van der Waals surface area contributed by atoms with E-state index in [1.165, 1.54) is 4.31 Å². The van der Waals surface area contributed by atoms with Crippen molar-refractivity contribution in [3.63, 3.8) is 0 Å². The molecule has 3 nitrogen and oxygen atoms in total. The van der Waals surface area contributed by atoms with Crippen LogP contribution in [0.3, 0.4) is 0 Å². The highest BCUT2D eigenvalue weighted by molar-refractivity contribution is 9.10. The van der Waals surface area contributed by atoms with E-state index < -0.39 is 11.3 Å². The summed E-state index contributed by atoms with van der Waals surface area (Å²) in [5.41, 5.74) is 2.29. The summed E-state index contributed by atoms with van der Waals surface area (Å²) in [6.45, 7) is 1.96. The highest BCUT2D eigenvalue weighted by Crippen LogP contribution is 2.32. The number of nitrogens with zero attached hydrogens (tertiary/aromatic N) is 1. The molecule has 1 atom stereocenters. The summed E-state index contributed by atoms with van der Waals surface area (Å²) in [5.74, 6) is 0. The number of anilines is 2. The average Bonchev–Trinajstić information content (AvgIpc) is 2.34. The van der Waals surface area contributed by atoms with Crippen molar-refractivity contribution >= 4 is 38.6 Å². The number of halogens is 1. The first-order chi connectivity index (χ1) is 8.59. The van der Waals surface area contributed by atoms with E-state index in [0.29, 0.717) is 11.4 Å². The minimum absolute atomic E-state index is 0.592. The van der Waals surface area contributed by atoms with Gasteiger partial charge in [0.05, 0.1) is 22.6 Å². The normalized spacial score (nSPS) is 12.2. The van der Waals surface area contributed by atoms with Gasteiger partial charge >= 0.3 is 0 Å². The maximum Gasteiger partial charge on any atom is 0.0680 e. The van der Waals surface area contributed by atoms with Gasteiger partial charge in [0.1, 0.15) is 0 Å². The predicted molar refractivity (Wildman–Crippen MR) is 76.4 cm³/mol. The highest BCUT2D eigenvalue weighted by atomic mass is 79.9. The van der Waals surface area contributed by atoms with Crippen LogP contribution >= 0.6 is 15.9 Å². The molecule has 2 rings (SSSR count). The molecule has 0 N–H and O–H groups in total. The number of benzene rings is 2. The third kappa shape index (κ3) is 2.80. The zero-order valence-corrected chi connectivity index (χ0v) is 12.1. The smallest absolute Gasteiger partial charge is 0.0680 e. The van der Waals surface area contributed by atoms with Crippen molar-refractivity contribution in [3.05, 3.63) is 58.6 Å². The van der Waals surface area contributed by atoms with Gasteiger partial charge in [-0.3, -0.25) is 8.51 Å². The van der Waals surface area contributed by atoms with Gasteiger partial charge in [-0.05, 0) is 47.1 Å². The Morgan fingerprint density at radius 1 is 1.11 bits per heavy atom. The van der Waals surface area contributed by atoms with E-state index >= 15 is 0 Å². The van der Waals surface area contributed by atoms with Gasteiger partial charge < -0.3 is 4.55 Å². The molecule has 0 aliphatic heterocycles. The van der Waals surface area contributed by atoms with Gasteiger partial charge in [0.25, 0.3) is 0 Å². The molecule has 94 valence electrons. The van der Waals surface area contributed by atoms with Gasteiger partial charge in [-0.15, -0.1) is 0 Å². The summed E-state index contributed by atoms with van der Waals surface area (Å²) in [6.07, 6.45) is 0. The molecule has 1 unspecified atom stereocenters. The summed E-state index contributed by atoms with van der Waals surface area (Å²) >= 11 is 0.993. The minimum atomic E-state index is -2.37. The molecule has 0 fully saturated rings. The lowest BCUT2D eigenvalue weighted by Crippen LogP contribution is -2.19. The topological polar surface area (TPSA) is 43.4 Å². The second kappa shape index (κ2) is 5.65. The molecule has 5 heteroatoms. The first kappa shape index (κ1) is 13.3. The Balaban J connectivity index is 2.50. The third-order valence-corrected chi connectivity index (χ3v) is 3.87. The standard InChI is InChI=1S/C13H12BrNO2S/c1-10-6-8-11(9-7-10)15(18(16)17)13-5-3-2-4-12(13)14/h2-9H,1H3,(H,16,17)/p-1. The molecule has 0 radical (unpaired) electrons. The molecule has 2 aromatic rings. The van der Waals surface area contributed by atoms with Gasteiger partial charge in [-0.2, -0.15) is 0 Å². The fourth-order valence-electron chi connectivity index (χ4n) is 1.60. The van der Waals surface area contributed by atoms with Gasteiger partial charge in [-0.1, -0.05) is 29.8 Å². The molecular weight excluding hydrogens is 314 g/mol. The van der Waals surface area contributed by atoms with Crippen LogP contribution in [-0.2, 0) is 11.3 Å². The Kier molecular flexibility index (Phi) is 4.16. The lowest BCUT2D eigenvalue weighted by molar-refractivity contribution is 0.537. The monoisotopic (exact) mass is 324 g/mol. The van der Waals surface area contributed by atoms with Gasteiger partial charge in [-0.25, -0.2) is 0 Å². The average molecular weight is 325 g/mol. The molecular formula is C13H11BrNO2S-. The predicted octanol–water partition coefficient (Wildman–Crippen LogP) is 3.69. The van der Waals surface area contributed by atoms with E-state index in [9.17, 15) is 8.76 Å². The largest absolute Gasteiger partial charge is 0.755 e. The Morgan fingerprint density at radius 3 is 2.28 bits per heavy atom. The summed E-state index contributed by atoms with van der Waals surface area (Å²) in [7, 11) is 0. The molecule has 0 aliphatic rings. The van der Waals surface area contributed by atoms with Crippen molar-refractivity contribution in [2.75, 3.05) is 4.31 Å². The van der Waals surface area contributed by atoms with Crippen LogP contribution in [0, 0.1) is 6.92 Å². The number of rotatable bonds is 3. The summed E-state index contributed by atoms with van der Waals surface area (Å²) < 4.78 is 24.9. The lowest BCUT2D eigenvalue weighted by atomic mass is 10.2. The van der Waals surface area contributed by atoms with E-state index in [1.807, 2.05) is 31.2 Å². The maximum atomic E-state index is 11.4. The molecule has 0 spiro atoms. The molecule has 0 bridgehead atoms. The SMILES string of the molecule is Cc1ccc(N(c2ccccc2Br)S(=O)[O-])cc1. The molecule has 0 saturated heterocycles. The van der Waals surface area contributed by atoms with Gasteiger partial charge in [0.2, 0.25) is 0 Å². The molecule has 0 amide bonds. The van der Waals surface area contributed by atoms with E-state index in [0.717, 1.165) is 10.0 Å². The molecule has 0 saturated carbocycles. The van der Waals surface area contributed by atoms with E-state index in [4.69, 9.17) is 0 Å². The molecule has 0 aliphatic carbocycles. The summed E-state index contributed by atoms with van der Waals surface area (Å²) in [4.78, 5) is 0. The number of aryl methyl sites for hydroxylation is 1. The van der Waals surface area contributed by atoms with Crippen LogP contribution in [0.5, 0.6) is 0 Å². The fourth-order valence-corrected chi connectivity index (χ4v) is 2.80. The first-order valence-corrected chi connectivity index (χ1v) is 7.13. The number of para-hydroxylation sites is 1. The van der Waals surface area contributed by atoms with E-state index in [1.54, 1.807) is 24.3 Å². The molecule has 0 heterocycles. The highest BCUT2D eigenvalue weighted by Gasteiger charge is 2.12. The summed E-state index contributed by atoms with van der Waals surface area (Å²) in [5, 5.41) is 0. The molecule has 0 aromatic heterocycles. The minimum Gasteiger partial charge on any atom is -0.755 e. The van der Waals surface area contributed by atoms with Crippen LogP contribution in [-0.4, -0.2) is 8.76 Å². The first-order valence-electron chi connectivity index (χ1n) is 5.30. The second-order valence-corrected chi connectivity index (χ2v) is 5.45. The third-order valence-electron chi connectivity index (χ3n) is 2.49. The Morgan fingerprint density at radius 2 is 1.72 bits per heavy atom. The Bertz CT molecular complexity index is 571. The van der Waals surface area contributed by atoms with Crippen LogP contribution in [0.25, 0.3) is 0 Å². The van der Waals surface area contributed by atoms with E-state index in [2.05, 4.69) is 15.9 Å². The van der Waals surface area contributed by atoms with Crippen LogP contribution in [0.1, 0.15) is 5.56 Å². The Hall–Kier alpha value is -1.17. The number of hydrogen-bond acceptors (Lipinski definition) is 2. The van der Waals surface area contributed by atoms with Crippen molar-refractivity contribution in [1.29, 1.82) is 0 Å². The van der Waals surface area contributed by atoms with Crippen LogP contribution in [0.2, 0.25) is 0 Å². The maximum absolute atomic E-state index is 11.4. The van der Waals surface area contributed by atoms with Gasteiger partial charge in [0, 0.05) is 4.47 Å². The Labute approximate surface area is 117 Å². The van der Waals surface area contributed by atoms with Crippen molar-refractivity contribution in [2.24, 2.45) is 0 Å². The zero-order valence-electron chi connectivity index (χ0n) is 9.67. The van der Waals surface area contributed by atoms with Crippen molar-refractivity contribution in [3.8, 4) is 0 Å². The number of hydrogen-bond donors (Lipinski definition) is 0. The van der Waals surface area contributed by atoms with E-state index in [-0.39, 0.29) is 0 Å². The van der Waals surface area contributed by atoms with Crippen molar-refractivity contribution in [1.82, 2.24) is 0 Å². The fraction of sp³-hybridized carbons (Fsp3) is 0.0769. The second-order valence-electron chi connectivity index (χ2n) is 3.80. The van der Waals surface area contributed by atoms with Crippen LogP contribution < -0.4 is 4.31 Å². The van der Waals surface area contributed by atoms with Crippen molar-refractivity contribution < 1.29 is 8.76 Å². The molecule has 2 aromatic carbocycles. The quantitative estimate of drug-likeness (QED) is 0.808. The zero-order chi connectivity index (χ0) is 13.1. The lowest BCUT2D eigenvalue weighted by Gasteiger charge is -2.27.